The first-order valence-electron chi connectivity index (χ1n) is 8.24. The number of phosphoric acid groups is 1. The van der Waals surface area contributed by atoms with Gasteiger partial charge in [-0.15, -0.1) is 0 Å². The Hall–Kier alpha value is -1.81. The molecule has 0 amide bonds. The maximum Gasteiger partial charge on any atom is 0.527 e. The van der Waals surface area contributed by atoms with Gasteiger partial charge in [0, 0.05) is 0 Å². The van der Waals surface area contributed by atoms with Crippen LogP contribution in [0.3, 0.4) is 0 Å². The Balaban J connectivity index is 1.99. The third-order valence-corrected chi connectivity index (χ3v) is 4.89. The molecule has 0 spiro atoms. The SMILES string of the molecule is CCOP(=O)(O)Oc1ccc(CCc2cc(C)c(OC)c(C)c2)cc1. The van der Waals surface area contributed by atoms with Crippen molar-refractivity contribution in [2.24, 2.45) is 0 Å². The van der Waals surface area contributed by atoms with E-state index in [-0.39, 0.29) is 6.61 Å². The highest BCUT2D eigenvalue weighted by molar-refractivity contribution is 7.47. The summed E-state index contributed by atoms with van der Waals surface area (Å²) in [5.74, 6) is 1.26. The summed E-state index contributed by atoms with van der Waals surface area (Å²) in [6.07, 6.45) is 1.77. The lowest BCUT2D eigenvalue weighted by Gasteiger charge is -2.13. The van der Waals surface area contributed by atoms with Gasteiger partial charge in [0.15, 0.2) is 0 Å². The van der Waals surface area contributed by atoms with E-state index in [1.54, 1.807) is 26.2 Å². The van der Waals surface area contributed by atoms with Gasteiger partial charge in [0.25, 0.3) is 0 Å². The Morgan fingerprint density at radius 1 is 1.00 bits per heavy atom. The molecule has 0 aliphatic heterocycles. The second kappa shape index (κ2) is 8.52. The lowest BCUT2D eigenvalue weighted by molar-refractivity contribution is 0.213. The topological polar surface area (TPSA) is 65.0 Å². The van der Waals surface area contributed by atoms with Crippen LogP contribution in [-0.4, -0.2) is 18.6 Å². The highest BCUT2D eigenvalue weighted by atomic mass is 31.2. The number of ether oxygens (including phenoxy) is 1. The van der Waals surface area contributed by atoms with E-state index in [0.29, 0.717) is 5.75 Å². The van der Waals surface area contributed by atoms with E-state index in [4.69, 9.17) is 9.26 Å². The van der Waals surface area contributed by atoms with Crippen molar-refractivity contribution >= 4 is 7.82 Å². The summed E-state index contributed by atoms with van der Waals surface area (Å²) in [6, 6.07) is 11.4. The summed E-state index contributed by atoms with van der Waals surface area (Å²) in [5.41, 5.74) is 4.65. The highest BCUT2D eigenvalue weighted by Crippen LogP contribution is 2.43. The molecule has 0 aliphatic rings. The average Bonchev–Trinajstić information content (AvgIpc) is 2.53. The van der Waals surface area contributed by atoms with Crippen molar-refractivity contribution in [3.63, 3.8) is 0 Å². The van der Waals surface area contributed by atoms with Crippen molar-refractivity contribution < 1.29 is 23.2 Å². The molecule has 0 aromatic heterocycles. The fraction of sp³-hybridized carbons (Fsp3) is 0.368. The van der Waals surface area contributed by atoms with Gasteiger partial charge in [0.05, 0.1) is 13.7 Å². The lowest BCUT2D eigenvalue weighted by atomic mass is 10.00. The number of hydrogen-bond acceptors (Lipinski definition) is 4. The van der Waals surface area contributed by atoms with Crippen LogP contribution in [0, 0.1) is 13.8 Å². The number of phosphoric ester groups is 1. The van der Waals surface area contributed by atoms with E-state index < -0.39 is 7.82 Å². The second-order valence-corrected chi connectivity index (χ2v) is 7.26. The van der Waals surface area contributed by atoms with Crippen LogP contribution in [0.5, 0.6) is 11.5 Å². The number of benzene rings is 2. The molecule has 0 saturated carbocycles. The van der Waals surface area contributed by atoms with Gasteiger partial charge in [-0.2, -0.15) is 0 Å². The lowest BCUT2D eigenvalue weighted by Crippen LogP contribution is -1.98. The fourth-order valence-corrected chi connectivity index (χ4v) is 3.60. The van der Waals surface area contributed by atoms with Crippen LogP contribution in [0.1, 0.15) is 29.2 Å². The van der Waals surface area contributed by atoms with Gasteiger partial charge in [-0.05, 0) is 68.0 Å². The molecule has 1 N–H and O–H groups in total. The van der Waals surface area contributed by atoms with Crippen LogP contribution in [0.25, 0.3) is 0 Å². The molecule has 0 aliphatic carbocycles. The van der Waals surface area contributed by atoms with E-state index in [0.717, 1.165) is 35.3 Å². The molecule has 2 aromatic carbocycles. The van der Waals surface area contributed by atoms with E-state index in [1.807, 2.05) is 26.0 Å². The predicted molar refractivity (Wildman–Crippen MR) is 98.4 cm³/mol. The maximum absolute atomic E-state index is 11.6. The summed E-state index contributed by atoms with van der Waals surface area (Å²) < 4.78 is 26.7. The minimum Gasteiger partial charge on any atom is -0.496 e. The molecule has 25 heavy (non-hydrogen) atoms. The molecule has 6 heteroatoms. The first kappa shape index (κ1) is 19.5. The van der Waals surface area contributed by atoms with E-state index in [9.17, 15) is 9.46 Å². The van der Waals surface area contributed by atoms with E-state index in [1.165, 1.54) is 5.56 Å². The van der Waals surface area contributed by atoms with Crippen molar-refractivity contribution in [1.29, 1.82) is 0 Å². The largest absolute Gasteiger partial charge is 0.527 e. The van der Waals surface area contributed by atoms with Crippen molar-refractivity contribution in [3.8, 4) is 11.5 Å². The minimum absolute atomic E-state index is 0.118. The summed E-state index contributed by atoms with van der Waals surface area (Å²) in [5, 5.41) is 0. The third kappa shape index (κ3) is 5.60. The Labute approximate surface area is 149 Å². The van der Waals surface area contributed by atoms with Gasteiger partial charge in [0.2, 0.25) is 0 Å². The van der Waals surface area contributed by atoms with Gasteiger partial charge < -0.3 is 9.26 Å². The molecule has 0 saturated heterocycles. The van der Waals surface area contributed by atoms with Gasteiger partial charge in [-0.25, -0.2) is 4.57 Å². The number of aryl methyl sites for hydroxylation is 4. The maximum atomic E-state index is 11.6. The Morgan fingerprint density at radius 2 is 1.56 bits per heavy atom. The first-order valence-corrected chi connectivity index (χ1v) is 9.74. The molecule has 0 heterocycles. The van der Waals surface area contributed by atoms with Crippen molar-refractivity contribution in [2.75, 3.05) is 13.7 Å². The number of methoxy groups -OCH3 is 1. The average molecular weight is 364 g/mol. The summed E-state index contributed by atoms with van der Waals surface area (Å²) >= 11 is 0. The number of rotatable bonds is 8. The summed E-state index contributed by atoms with van der Waals surface area (Å²) in [4.78, 5) is 9.48. The second-order valence-electron chi connectivity index (χ2n) is 5.88. The highest BCUT2D eigenvalue weighted by Gasteiger charge is 2.21. The van der Waals surface area contributed by atoms with Gasteiger partial charge in [-0.1, -0.05) is 24.3 Å². The fourth-order valence-electron chi connectivity index (χ4n) is 2.83. The molecule has 2 rings (SSSR count). The molecule has 1 unspecified atom stereocenters. The molecule has 0 fully saturated rings. The third-order valence-electron chi connectivity index (χ3n) is 3.86. The van der Waals surface area contributed by atoms with Gasteiger partial charge >= 0.3 is 7.82 Å². The zero-order chi connectivity index (χ0) is 18.4. The van der Waals surface area contributed by atoms with Crippen LogP contribution in [0.2, 0.25) is 0 Å². The van der Waals surface area contributed by atoms with Crippen LogP contribution in [-0.2, 0) is 21.9 Å². The van der Waals surface area contributed by atoms with Crippen molar-refractivity contribution in [3.05, 3.63) is 58.7 Å². The quantitative estimate of drug-likeness (QED) is 0.693. The first-order chi connectivity index (χ1) is 11.8. The molecule has 1 atom stereocenters. The molecule has 5 nitrogen and oxygen atoms in total. The Bertz CT molecular complexity index is 732. The van der Waals surface area contributed by atoms with Crippen molar-refractivity contribution in [1.82, 2.24) is 0 Å². The molecular formula is C19H25O5P. The van der Waals surface area contributed by atoms with Crippen LogP contribution in [0.4, 0.5) is 0 Å². The Kier molecular flexibility index (Phi) is 6.65. The van der Waals surface area contributed by atoms with Crippen molar-refractivity contribution in [2.45, 2.75) is 33.6 Å². The van der Waals surface area contributed by atoms with E-state index >= 15 is 0 Å². The standard InChI is InChI=1S/C19H25O5P/c1-5-23-25(20,21)24-18-10-8-16(9-11-18)6-7-17-12-14(2)19(22-4)15(3)13-17/h8-13H,5-7H2,1-4H3,(H,20,21). The molecule has 2 aromatic rings. The Morgan fingerprint density at radius 3 is 2.08 bits per heavy atom. The van der Waals surface area contributed by atoms with Crippen LogP contribution >= 0.6 is 7.82 Å². The van der Waals surface area contributed by atoms with Gasteiger partial charge in [0.1, 0.15) is 11.5 Å². The molecule has 0 radical (unpaired) electrons. The molecular weight excluding hydrogens is 339 g/mol. The van der Waals surface area contributed by atoms with E-state index in [2.05, 4.69) is 16.7 Å². The zero-order valence-corrected chi connectivity index (χ0v) is 16.0. The smallest absolute Gasteiger partial charge is 0.496 e. The predicted octanol–water partition coefficient (Wildman–Crippen LogP) is 4.61. The van der Waals surface area contributed by atoms with Crippen LogP contribution < -0.4 is 9.26 Å². The zero-order valence-electron chi connectivity index (χ0n) is 15.1. The monoisotopic (exact) mass is 364 g/mol. The van der Waals surface area contributed by atoms with Crippen LogP contribution in [0.15, 0.2) is 36.4 Å². The summed E-state index contributed by atoms with van der Waals surface area (Å²) in [6.45, 7) is 5.85. The minimum atomic E-state index is -4.02. The molecule has 136 valence electrons. The molecule has 0 bridgehead atoms. The normalized spacial score (nSPS) is 13.3. The number of hydrogen-bond donors (Lipinski definition) is 1. The van der Waals surface area contributed by atoms with Gasteiger partial charge in [-0.3, -0.25) is 9.42 Å². The summed E-state index contributed by atoms with van der Waals surface area (Å²) in [7, 11) is -2.33.